The summed E-state index contributed by atoms with van der Waals surface area (Å²) < 4.78 is 0. The van der Waals surface area contributed by atoms with Gasteiger partial charge in [-0.2, -0.15) is 0 Å². The first-order valence-electron chi connectivity index (χ1n) is 4.07. The van der Waals surface area contributed by atoms with E-state index in [0.717, 1.165) is 12.8 Å². The first kappa shape index (κ1) is 11.1. The first-order chi connectivity index (χ1) is 5.72. The molecule has 4 nitrogen and oxygen atoms in total. The van der Waals surface area contributed by atoms with E-state index in [9.17, 15) is 9.59 Å². The Balaban J connectivity index is 3.44. The quantitative estimate of drug-likeness (QED) is 0.409. The molecule has 0 fully saturated rings. The number of nitrogens with one attached hydrogen (secondary N) is 2. The molecule has 0 saturated carbocycles. The zero-order chi connectivity index (χ0) is 9.40. The second-order valence-corrected chi connectivity index (χ2v) is 2.67. The summed E-state index contributed by atoms with van der Waals surface area (Å²) in [5, 5.41) is 5.46. The molecule has 0 aromatic rings. The Morgan fingerprint density at radius 1 is 1.58 bits per heavy atom. The van der Waals surface area contributed by atoms with Gasteiger partial charge < -0.3 is 10.6 Å². The number of Topliss-reactive ketones (excluding diaryl/α,β-unsaturated/α-hetero) is 1. The Labute approximate surface area is 72.7 Å². The van der Waals surface area contributed by atoms with Crippen LogP contribution in [0.4, 0.5) is 0 Å². The molecule has 0 aliphatic carbocycles. The molecule has 0 saturated heterocycles. The van der Waals surface area contributed by atoms with Crippen molar-refractivity contribution in [2.24, 2.45) is 0 Å². The maximum absolute atomic E-state index is 10.9. The Morgan fingerprint density at radius 3 is 2.67 bits per heavy atom. The lowest BCUT2D eigenvalue weighted by atomic mass is 10.1. The summed E-state index contributed by atoms with van der Waals surface area (Å²) in [6.07, 6.45) is 2.26. The monoisotopic (exact) mass is 172 g/mol. The molecular formula is C8H16N2O2. The molecule has 1 atom stereocenters. The molecule has 0 spiro atoms. The van der Waals surface area contributed by atoms with Crippen LogP contribution in [0.5, 0.6) is 0 Å². The van der Waals surface area contributed by atoms with Crippen molar-refractivity contribution in [3.63, 3.8) is 0 Å². The molecule has 12 heavy (non-hydrogen) atoms. The summed E-state index contributed by atoms with van der Waals surface area (Å²) in [5.74, 6) is 0.142. The highest BCUT2D eigenvalue weighted by molar-refractivity contribution is 5.81. The molecular weight excluding hydrogens is 156 g/mol. The van der Waals surface area contributed by atoms with Crippen LogP contribution in [-0.4, -0.2) is 31.8 Å². The fourth-order valence-electron chi connectivity index (χ4n) is 1.02. The van der Waals surface area contributed by atoms with Crippen LogP contribution in [0, 0.1) is 0 Å². The highest BCUT2D eigenvalue weighted by Crippen LogP contribution is 1.96. The van der Waals surface area contributed by atoms with E-state index in [-0.39, 0.29) is 11.8 Å². The molecule has 0 aromatic carbocycles. The zero-order valence-electron chi connectivity index (χ0n) is 7.59. The molecule has 0 bridgehead atoms. The third kappa shape index (κ3) is 4.85. The third-order valence-electron chi connectivity index (χ3n) is 1.74. The predicted molar refractivity (Wildman–Crippen MR) is 46.8 cm³/mol. The van der Waals surface area contributed by atoms with Gasteiger partial charge in [-0.1, -0.05) is 0 Å². The molecule has 70 valence electrons. The van der Waals surface area contributed by atoms with Gasteiger partial charge in [-0.25, -0.2) is 0 Å². The van der Waals surface area contributed by atoms with Gasteiger partial charge in [0.25, 0.3) is 0 Å². The maximum Gasteiger partial charge on any atom is 0.207 e. The fourth-order valence-corrected chi connectivity index (χ4v) is 1.02. The van der Waals surface area contributed by atoms with E-state index in [1.807, 2.05) is 0 Å². The average Bonchev–Trinajstić information content (AvgIpc) is 2.04. The van der Waals surface area contributed by atoms with Gasteiger partial charge >= 0.3 is 0 Å². The van der Waals surface area contributed by atoms with Crippen molar-refractivity contribution < 1.29 is 9.59 Å². The van der Waals surface area contributed by atoms with E-state index in [1.165, 1.54) is 0 Å². The van der Waals surface area contributed by atoms with E-state index in [0.29, 0.717) is 13.0 Å². The van der Waals surface area contributed by atoms with Gasteiger partial charge in [0, 0.05) is 6.54 Å². The number of ketones is 1. The van der Waals surface area contributed by atoms with Crippen LogP contribution in [0.25, 0.3) is 0 Å². The third-order valence-corrected chi connectivity index (χ3v) is 1.74. The summed E-state index contributed by atoms with van der Waals surface area (Å²) in [5.41, 5.74) is 0. The van der Waals surface area contributed by atoms with E-state index in [2.05, 4.69) is 10.6 Å². The van der Waals surface area contributed by atoms with Crippen molar-refractivity contribution in [2.45, 2.75) is 25.8 Å². The summed E-state index contributed by atoms with van der Waals surface area (Å²) in [4.78, 5) is 20.7. The Morgan fingerprint density at radius 2 is 2.25 bits per heavy atom. The van der Waals surface area contributed by atoms with Gasteiger partial charge in [0.2, 0.25) is 6.41 Å². The summed E-state index contributed by atoms with van der Waals surface area (Å²) >= 11 is 0. The van der Waals surface area contributed by atoms with Crippen molar-refractivity contribution in [1.82, 2.24) is 10.6 Å². The fraction of sp³-hybridized carbons (Fsp3) is 0.750. The van der Waals surface area contributed by atoms with Crippen LogP contribution in [-0.2, 0) is 9.59 Å². The molecule has 1 amide bonds. The number of hydrogen-bond acceptors (Lipinski definition) is 3. The Hall–Kier alpha value is -0.900. The van der Waals surface area contributed by atoms with Gasteiger partial charge in [0.1, 0.15) is 5.78 Å². The van der Waals surface area contributed by atoms with E-state index < -0.39 is 0 Å². The van der Waals surface area contributed by atoms with E-state index in [1.54, 1.807) is 14.0 Å². The molecule has 0 rings (SSSR count). The number of amides is 1. The van der Waals surface area contributed by atoms with Crippen molar-refractivity contribution >= 4 is 12.2 Å². The first-order valence-corrected chi connectivity index (χ1v) is 4.07. The van der Waals surface area contributed by atoms with Gasteiger partial charge in [0.05, 0.1) is 6.04 Å². The predicted octanol–water partition coefficient (Wildman–Crippen LogP) is -0.310. The van der Waals surface area contributed by atoms with E-state index in [4.69, 9.17) is 0 Å². The average molecular weight is 172 g/mol. The van der Waals surface area contributed by atoms with Crippen LogP contribution in [0.15, 0.2) is 0 Å². The molecule has 0 radical (unpaired) electrons. The van der Waals surface area contributed by atoms with E-state index >= 15 is 0 Å². The smallest absolute Gasteiger partial charge is 0.207 e. The normalized spacial score (nSPS) is 12.2. The summed E-state index contributed by atoms with van der Waals surface area (Å²) in [6, 6.07) is -0.0709. The van der Waals surface area contributed by atoms with Gasteiger partial charge in [-0.3, -0.25) is 9.59 Å². The van der Waals surface area contributed by atoms with Crippen molar-refractivity contribution in [3.8, 4) is 0 Å². The minimum absolute atomic E-state index is 0.0709. The number of carbonyl (C=O) groups is 2. The van der Waals surface area contributed by atoms with Crippen LogP contribution in [0.3, 0.4) is 0 Å². The standard InChI is InChI=1S/C8H16N2O2/c1-7(12)8(9-2)4-3-5-10-6-11/h6,8-9H,3-5H2,1-2H3,(H,10,11). The minimum Gasteiger partial charge on any atom is -0.359 e. The van der Waals surface area contributed by atoms with Crippen LogP contribution < -0.4 is 10.6 Å². The Kier molecular flexibility index (Phi) is 6.28. The van der Waals surface area contributed by atoms with Crippen molar-refractivity contribution in [3.05, 3.63) is 0 Å². The molecule has 0 aliphatic heterocycles. The van der Waals surface area contributed by atoms with Crippen LogP contribution in [0.1, 0.15) is 19.8 Å². The minimum atomic E-state index is -0.0709. The number of rotatable bonds is 7. The lowest BCUT2D eigenvalue weighted by molar-refractivity contribution is -0.119. The lowest BCUT2D eigenvalue weighted by Gasteiger charge is -2.11. The van der Waals surface area contributed by atoms with Crippen molar-refractivity contribution in [2.75, 3.05) is 13.6 Å². The molecule has 4 heteroatoms. The highest BCUT2D eigenvalue weighted by Gasteiger charge is 2.09. The second kappa shape index (κ2) is 6.79. The summed E-state index contributed by atoms with van der Waals surface area (Å²) in [7, 11) is 1.76. The molecule has 0 heterocycles. The molecule has 0 aliphatic rings. The largest absolute Gasteiger partial charge is 0.359 e. The molecule has 2 N–H and O–H groups in total. The van der Waals surface area contributed by atoms with Gasteiger partial charge in [0.15, 0.2) is 0 Å². The molecule has 0 aromatic heterocycles. The highest BCUT2D eigenvalue weighted by atomic mass is 16.1. The lowest BCUT2D eigenvalue weighted by Crippen LogP contribution is -2.32. The maximum atomic E-state index is 10.9. The van der Waals surface area contributed by atoms with Gasteiger partial charge in [-0.05, 0) is 26.8 Å². The zero-order valence-corrected chi connectivity index (χ0v) is 7.59. The van der Waals surface area contributed by atoms with Crippen LogP contribution in [0.2, 0.25) is 0 Å². The topological polar surface area (TPSA) is 58.2 Å². The second-order valence-electron chi connectivity index (χ2n) is 2.67. The van der Waals surface area contributed by atoms with Gasteiger partial charge in [-0.15, -0.1) is 0 Å². The Bertz CT molecular complexity index is 148. The number of likely N-dealkylation sites (N-methyl/N-ethyl adjacent to an activating group) is 1. The summed E-state index contributed by atoms with van der Waals surface area (Å²) in [6.45, 7) is 2.20. The SMILES string of the molecule is CNC(CCCNC=O)C(C)=O. The number of carbonyl (C=O) groups excluding carboxylic acids is 2. The molecule has 1 unspecified atom stereocenters. The van der Waals surface area contributed by atoms with Crippen molar-refractivity contribution in [1.29, 1.82) is 0 Å². The van der Waals surface area contributed by atoms with Crippen LogP contribution >= 0.6 is 0 Å². The number of hydrogen-bond donors (Lipinski definition) is 2.